The first kappa shape index (κ1) is 12.0. The molecule has 0 saturated carbocycles. The number of ether oxygens (including phenoxy) is 1. The van der Waals surface area contributed by atoms with E-state index >= 15 is 0 Å². The van der Waals surface area contributed by atoms with E-state index in [0.29, 0.717) is 11.4 Å². The molecule has 1 rings (SSSR count). The van der Waals surface area contributed by atoms with Crippen LogP contribution in [0.4, 0.5) is 0 Å². The molecule has 0 aliphatic carbocycles. The molecule has 0 spiro atoms. The van der Waals surface area contributed by atoms with Crippen molar-refractivity contribution in [2.75, 3.05) is 14.2 Å². The summed E-state index contributed by atoms with van der Waals surface area (Å²) >= 11 is 5.85. The van der Waals surface area contributed by atoms with Crippen molar-refractivity contribution >= 4 is 17.6 Å². The van der Waals surface area contributed by atoms with E-state index in [-0.39, 0.29) is 12.0 Å². The molecule has 0 aliphatic heterocycles. The number of nitrogens with one attached hydrogen (secondary N) is 1. The van der Waals surface area contributed by atoms with Crippen molar-refractivity contribution in [2.24, 2.45) is 0 Å². The van der Waals surface area contributed by atoms with E-state index in [1.54, 1.807) is 13.1 Å². The van der Waals surface area contributed by atoms with Gasteiger partial charge in [-0.3, -0.25) is 4.79 Å². The summed E-state index contributed by atoms with van der Waals surface area (Å²) in [7, 11) is 3.11. The van der Waals surface area contributed by atoms with E-state index in [1.807, 2.05) is 18.2 Å². The zero-order chi connectivity index (χ0) is 11.3. The molecule has 0 heterocycles. The van der Waals surface area contributed by atoms with E-state index in [2.05, 4.69) is 10.1 Å². The maximum atomic E-state index is 11.3. The quantitative estimate of drug-likeness (QED) is 0.795. The molecule has 1 unspecified atom stereocenters. The second-order valence-corrected chi connectivity index (χ2v) is 3.63. The topological polar surface area (TPSA) is 38.3 Å². The summed E-state index contributed by atoms with van der Waals surface area (Å²) in [6.07, 6.45) is 0.573. The second-order valence-electron chi connectivity index (χ2n) is 3.20. The Morgan fingerprint density at radius 3 is 2.87 bits per heavy atom. The summed E-state index contributed by atoms with van der Waals surface area (Å²) in [5, 5.41) is 3.58. The zero-order valence-electron chi connectivity index (χ0n) is 8.79. The van der Waals surface area contributed by atoms with Crippen LogP contribution in [0.2, 0.25) is 5.02 Å². The van der Waals surface area contributed by atoms with Gasteiger partial charge in [0.2, 0.25) is 0 Å². The number of carbonyl (C=O) groups excluding carboxylic acids is 1. The van der Waals surface area contributed by atoms with Crippen LogP contribution < -0.4 is 5.32 Å². The fraction of sp³-hybridized carbons (Fsp3) is 0.364. The molecule has 0 aliphatic rings. The second kappa shape index (κ2) is 5.73. The van der Waals surface area contributed by atoms with E-state index in [0.717, 1.165) is 5.56 Å². The fourth-order valence-corrected chi connectivity index (χ4v) is 1.56. The van der Waals surface area contributed by atoms with E-state index < -0.39 is 0 Å². The first-order valence-electron chi connectivity index (χ1n) is 4.67. The highest BCUT2D eigenvalue weighted by Gasteiger charge is 2.16. The van der Waals surface area contributed by atoms with Gasteiger partial charge >= 0.3 is 5.97 Å². The van der Waals surface area contributed by atoms with Crippen molar-refractivity contribution in [1.29, 1.82) is 0 Å². The molecule has 1 aromatic rings. The van der Waals surface area contributed by atoms with Crippen molar-refractivity contribution in [3.8, 4) is 0 Å². The minimum atomic E-state index is -0.325. The lowest BCUT2D eigenvalue weighted by Crippen LogP contribution is -2.36. The molecule has 0 bridgehead atoms. The van der Waals surface area contributed by atoms with E-state index in [1.165, 1.54) is 7.11 Å². The molecular weight excluding hydrogens is 214 g/mol. The molecule has 0 amide bonds. The first-order chi connectivity index (χ1) is 7.17. The molecule has 1 aromatic carbocycles. The SMILES string of the molecule is CNC(Cc1cccc(Cl)c1)C(=O)OC. The average Bonchev–Trinajstić information content (AvgIpc) is 2.25. The molecule has 0 radical (unpaired) electrons. The minimum Gasteiger partial charge on any atom is -0.468 e. The zero-order valence-corrected chi connectivity index (χ0v) is 9.54. The highest BCUT2D eigenvalue weighted by Crippen LogP contribution is 2.12. The van der Waals surface area contributed by atoms with Crippen molar-refractivity contribution < 1.29 is 9.53 Å². The summed E-state index contributed by atoms with van der Waals surface area (Å²) in [6.45, 7) is 0. The van der Waals surface area contributed by atoms with Gasteiger partial charge in [0, 0.05) is 5.02 Å². The molecule has 15 heavy (non-hydrogen) atoms. The summed E-state index contributed by atoms with van der Waals surface area (Å²) in [6, 6.07) is 7.11. The normalized spacial score (nSPS) is 12.2. The van der Waals surface area contributed by atoms with Crippen LogP contribution in [0, 0.1) is 0 Å². The van der Waals surface area contributed by atoms with Gasteiger partial charge in [0.1, 0.15) is 6.04 Å². The summed E-state index contributed by atoms with van der Waals surface area (Å²) < 4.78 is 4.67. The molecule has 3 nitrogen and oxygen atoms in total. The number of benzene rings is 1. The van der Waals surface area contributed by atoms with Gasteiger partial charge in [-0.25, -0.2) is 0 Å². The van der Waals surface area contributed by atoms with Crippen molar-refractivity contribution in [2.45, 2.75) is 12.5 Å². The molecule has 0 aromatic heterocycles. The van der Waals surface area contributed by atoms with Gasteiger partial charge in [-0.1, -0.05) is 23.7 Å². The molecule has 1 atom stereocenters. The maximum Gasteiger partial charge on any atom is 0.323 e. The van der Waals surface area contributed by atoms with Crippen LogP contribution in [0.25, 0.3) is 0 Å². The molecule has 0 fully saturated rings. The smallest absolute Gasteiger partial charge is 0.323 e. The van der Waals surface area contributed by atoms with Gasteiger partial charge in [0.25, 0.3) is 0 Å². The van der Waals surface area contributed by atoms with Crippen molar-refractivity contribution in [3.63, 3.8) is 0 Å². The number of esters is 1. The summed E-state index contributed by atoms with van der Waals surface area (Å²) in [5.41, 5.74) is 1.01. The van der Waals surface area contributed by atoms with Crippen LogP contribution in [0.3, 0.4) is 0 Å². The van der Waals surface area contributed by atoms with Gasteiger partial charge in [-0.05, 0) is 31.2 Å². The number of likely N-dealkylation sites (N-methyl/N-ethyl adjacent to an activating group) is 1. The number of hydrogen-bond donors (Lipinski definition) is 1. The minimum absolute atomic E-state index is 0.266. The van der Waals surface area contributed by atoms with Gasteiger partial charge in [-0.2, -0.15) is 0 Å². The Hall–Kier alpha value is -1.06. The standard InChI is InChI=1S/C11H14ClNO2/c1-13-10(11(14)15-2)7-8-4-3-5-9(12)6-8/h3-6,10,13H,7H2,1-2H3. The Kier molecular flexibility index (Phi) is 4.59. The van der Waals surface area contributed by atoms with Gasteiger partial charge < -0.3 is 10.1 Å². The third-order valence-electron chi connectivity index (χ3n) is 2.16. The van der Waals surface area contributed by atoms with Crippen LogP contribution >= 0.6 is 11.6 Å². The Labute approximate surface area is 94.4 Å². The maximum absolute atomic E-state index is 11.3. The largest absolute Gasteiger partial charge is 0.468 e. The Morgan fingerprint density at radius 1 is 1.60 bits per heavy atom. The van der Waals surface area contributed by atoms with Crippen molar-refractivity contribution in [1.82, 2.24) is 5.32 Å². The average molecular weight is 228 g/mol. The van der Waals surface area contributed by atoms with E-state index in [9.17, 15) is 4.79 Å². The summed E-state index contributed by atoms with van der Waals surface area (Å²) in [5.74, 6) is -0.266. The molecule has 4 heteroatoms. The Bertz CT molecular complexity index is 341. The van der Waals surface area contributed by atoms with Gasteiger partial charge in [0.15, 0.2) is 0 Å². The van der Waals surface area contributed by atoms with Crippen LogP contribution in [0.1, 0.15) is 5.56 Å². The monoisotopic (exact) mass is 227 g/mol. The molecule has 0 saturated heterocycles. The molecule has 82 valence electrons. The fourth-order valence-electron chi connectivity index (χ4n) is 1.35. The van der Waals surface area contributed by atoms with Crippen LogP contribution in [0.15, 0.2) is 24.3 Å². The lowest BCUT2D eigenvalue weighted by atomic mass is 10.1. The molecule has 1 N–H and O–H groups in total. The number of halogens is 1. The Balaban J connectivity index is 2.70. The number of carbonyl (C=O) groups is 1. The Morgan fingerprint density at radius 2 is 2.33 bits per heavy atom. The predicted molar refractivity (Wildman–Crippen MR) is 60.0 cm³/mol. The number of hydrogen-bond acceptors (Lipinski definition) is 3. The first-order valence-corrected chi connectivity index (χ1v) is 5.04. The summed E-state index contributed by atoms with van der Waals surface area (Å²) in [4.78, 5) is 11.3. The highest BCUT2D eigenvalue weighted by molar-refractivity contribution is 6.30. The van der Waals surface area contributed by atoms with Crippen LogP contribution in [-0.2, 0) is 16.0 Å². The number of methoxy groups -OCH3 is 1. The van der Waals surface area contributed by atoms with Gasteiger partial charge in [0.05, 0.1) is 7.11 Å². The molecular formula is C11H14ClNO2. The lowest BCUT2D eigenvalue weighted by Gasteiger charge is -2.13. The predicted octanol–water partition coefficient (Wildman–Crippen LogP) is 1.64. The van der Waals surface area contributed by atoms with Gasteiger partial charge in [-0.15, -0.1) is 0 Å². The third kappa shape index (κ3) is 3.53. The number of rotatable bonds is 4. The third-order valence-corrected chi connectivity index (χ3v) is 2.40. The van der Waals surface area contributed by atoms with Crippen LogP contribution in [0.5, 0.6) is 0 Å². The van der Waals surface area contributed by atoms with Crippen LogP contribution in [-0.4, -0.2) is 26.2 Å². The highest BCUT2D eigenvalue weighted by atomic mass is 35.5. The van der Waals surface area contributed by atoms with Crippen molar-refractivity contribution in [3.05, 3.63) is 34.9 Å². The van der Waals surface area contributed by atoms with E-state index in [4.69, 9.17) is 11.6 Å². The lowest BCUT2D eigenvalue weighted by molar-refractivity contribution is -0.142.